The van der Waals surface area contributed by atoms with Gasteiger partial charge >= 0.3 is 57.6 Å². The Morgan fingerprint density at radius 3 is 2.00 bits per heavy atom. The van der Waals surface area contributed by atoms with Crippen LogP contribution in [0.25, 0.3) is 0 Å². The van der Waals surface area contributed by atoms with Crippen LogP contribution in [0.15, 0.2) is 0 Å². The van der Waals surface area contributed by atoms with Gasteiger partial charge in [-0.2, -0.15) is 13.2 Å². The third kappa shape index (κ3) is 3.94. The van der Waals surface area contributed by atoms with E-state index < -0.39 is 11.8 Å². The molecule has 1 aliphatic carbocycles. The molecule has 0 atom stereocenters. The van der Waals surface area contributed by atoms with Crippen molar-refractivity contribution in [2.75, 3.05) is 33.4 Å². The molecule has 1 aliphatic heterocycles. The van der Waals surface area contributed by atoms with E-state index in [0.29, 0.717) is 19.6 Å². The predicted octanol–water partition coefficient (Wildman–Crippen LogP) is -1.83. The molecule has 1 heterocycles. The van der Waals surface area contributed by atoms with Gasteiger partial charge in [-0.05, 0) is 31.1 Å². The third-order valence-electron chi connectivity index (χ3n) is 4.39. The fourth-order valence-corrected chi connectivity index (χ4v) is 2.67. The van der Waals surface area contributed by atoms with Gasteiger partial charge in [0.1, 0.15) is 0 Å². The molecule has 0 aromatic rings. The second-order valence-electron chi connectivity index (χ2n) is 5.62. The minimum atomic E-state index is -4.32. The van der Waals surface area contributed by atoms with Crippen molar-refractivity contribution in [3.8, 4) is 0 Å². The summed E-state index contributed by atoms with van der Waals surface area (Å²) in [6, 6.07) is 0. The van der Waals surface area contributed by atoms with E-state index in [-0.39, 0.29) is 76.2 Å². The molecule has 0 radical (unpaired) electrons. The summed E-state index contributed by atoms with van der Waals surface area (Å²) in [4.78, 5) is 1.98. The number of rotatable bonds is 4. The van der Waals surface area contributed by atoms with Gasteiger partial charge in [0.05, 0.1) is 0 Å². The van der Waals surface area contributed by atoms with Gasteiger partial charge in [0, 0.05) is 26.7 Å². The van der Waals surface area contributed by atoms with Crippen LogP contribution in [-0.2, 0) is 4.74 Å². The van der Waals surface area contributed by atoms with E-state index in [9.17, 15) is 18.3 Å². The molecule has 3 nitrogen and oxygen atoms in total. The Morgan fingerprint density at radius 2 is 1.68 bits per heavy atom. The number of hydrogen-bond donors (Lipinski definition) is 0. The van der Waals surface area contributed by atoms with Crippen LogP contribution < -0.4 is 56.5 Å². The van der Waals surface area contributed by atoms with Gasteiger partial charge in [-0.15, -0.1) is 6.61 Å². The quantitative estimate of drug-likeness (QED) is 0.574. The van der Waals surface area contributed by atoms with Crippen molar-refractivity contribution in [1.29, 1.82) is 0 Å². The van der Waals surface area contributed by atoms with Crippen LogP contribution in [0.5, 0.6) is 0 Å². The molecule has 0 unspecified atom stereocenters. The number of hydrogen-bond acceptors (Lipinski definition) is 3. The van der Waals surface area contributed by atoms with E-state index in [1.54, 1.807) is 0 Å². The largest absolute Gasteiger partial charge is 1.00 e. The van der Waals surface area contributed by atoms with E-state index in [1.165, 1.54) is 0 Å². The van der Waals surface area contributed by atoms with Gasteiger partial charge in [0.2, 0.25) is 0 Å². The first-order valence-corrected chi connectivity index (χ1v) is 6.29. The second-order valence-corrected chi connectivity index (χ2v) is 5.62. The standard InChI is InChI=1S/C12H19F3NO2.K/c1-18-11(12(13,14)15)4-6-16(7-5-11)8-10(9-17)2-3-10;/h2-9H2,1H3;/q-1;+1. The Kier molecular flexibility index (Phi) is 6.38. The number of piperidine rings is 1. The van der Waals surface area contributed by atoms with E-state index in [0.717, 1.165) is 20.0 Å². The van der Waals surface area contributed by atoms with Gasteiger partial charge in [0.25, 0.3) is 0 Å². The van der Waals surface area contributed by atoms with Crippen LogP contribution in [0, 0.1) is 5.41 Å². The maximum Gasteiger partial charge on any atom is 1.00 e. The number of ether oxygens (including phenoxy) is 1. The molecule has 1 saturated heterocycles. The normalized spacial score (nSPS) is 25.7. The molecular formula is C12H19F3KNO2. The van der Waals surface area contributed by atoms with Crippen molar-refractivity contribution in [2.45, 2.75) is 37.5 Å². The zero-order valence-corrected chi connectivity index (χ0v) is 14.7. The summed E-state index contributed by atoms with van der Waals surface area (Å²) in [5.41, 5.74) is -2.14. The Hall–Kier alpha value is 1.31. The smallest absolute Gasteiger partial charge is 0.854 e. The molecule has 0 N–H and O–H groups in total. The summed E-state index contributed by atoms with van der Waals surface area (Å²) in [7, 11) is 1.13. The SMILES string of the molecule is COC1(C(F)(F)F)CCN(CC2(C[O-])CC2)CC1.[K+]. The molecule has 2 fully saturated rings. The van der Waals surface area contributed by atoms with E-state index in [2.05, 4.69) is 0 Å². The predicted molar refractivity (Wildman–Crippen MR) is 58.0 cm³/mol. The van der Waals surface area contributed by atoms with Crippen LogP contribution in [0.3, 0.4) is 0 Å². The van der Waals surface area contributed by atoms with Crippen LogP contribution >= 0.6 is 0 Å². The van der Waals surface area contributed by atoms with E-state index in [1.807, 2.05) is 4.90 Å². The van der Waals surface area contributed by atoms with Crippen molar-refractivity contribution in [1.82, 2.24) is 4.90 Å². The van der Waals surface area contributed by atoms with Crippen molar-refractivity contribution in [3.05, 3.63) is 0 Å². The molecule has 0 aromatic heterocycles. The molecule has 0 spiro atoms. The maximum absolute atomic E-state index is 12.9. The Labute approximate surface area is 154 Å². The average molecular weight is 305 g/mol. The summed E-state index contributed by atoms with van der Waals surface area (Å²) >= 11 is 0. The number of halogens is 3. The third-order valence-corrected chi connectivity index (χ3v) is 4.39. The molecule has 106 valence electrons. The first-order chi connectivity index (χ1) is 8.36. The van der Waals surface area contributed by atoms with Crippen LogP contribution in [0.1, 0.15) is 25.7 Å². The summed E-state index contributed by atoms with van der Waals surface area (Å²) in [5, 5.41) is 11.0. The van der Waals surface area contributed by atoms with Crippen molar-refractivity contribution >= 4 is 0 Å². The number of likely N-dealkylation sites (tertiary alicyclic amines) is 1. The van der Waals surface area contributed by atoms with Crippen molar-refractivity contribution < 1.29 is 74.4 Å². The molecule has 7 heteroatoms. The number of methoxy groups -OCH3 is 1. The molecule has 1 saturated carbocycles. The van der Waals surface area contributed by atoms with Crippen LogP contribution in [-0.4, -0.2) is 50.0 Å². The zero-order chi connectivity index (χ0) is 13.4. The van der Waals surface area contributed by atoms with Crippen LogP contribution in [0.2, 0.25) is 0 Å². The minimum absolute atomic E-state index is 0. The summed E-state index contributed by atoms with van der Waals surface area (Å²) in [5.74, 6) is 0. The zero-order valence-electron chi connectivity index (χ0n) is 11.6. The first-order valence-electron chi connectivity index (χ1n) is 6.29. The topological polar surface area (TPSA) is 35.5 Å². The minimum Gasteiger partial charge on any atom is -0.854 e. The van der Waals surface area contributed by atoms with Gasteiger partial charge in [0.15, 0.2) is 5.60 Å². The summed E-state index contributed by atoms with van der Waals surface area (Å²) in [6.45, 7) is 1.25. The molecule has 0 bridgehead atoms. The molecule has 0 aromatic carbocycles. The maximum atomic E-state index is 12.9. The summed E-state index contributed by atoms with van der Waals surface area (Å²) in [6.07, 6.45) is -2.56. The summed E-state index contributed by atoms with van der Waals surface area (Å²) < 4.78 is 43.6. The molecule has 2 aliphatic rings. The Morgan fingerprint density at radius 1 is 1.16 bits per heavy atom. The van der Waals surface area contributed by atoms with Gasteiger partial charge in [-0.1, -0.05) is 0 Å². The monoisotopic (exact) mass is 305 g/mol. The Bertz CT molecular complexity index is 300. The van der Waals surface area contributed by atoms with Crippen LogP contribution in [0.4, 0.5) is 13.2 Å². The van der Waals surface area contributed by atoms with Gasteiger partial charge < -0.3 is 14.7 Å². The molecule has 2 rings (SSSR count). The second kappa shape index (κ2) is 6.60. The number of nitrogens with zero attached hydrogens (tertiary/aromatic N) is 1. The van der Waals surface area contributed by atoms with Gasteiger partial charge in [-0.25, -0.2) is 0 Å². The fraction of sp³-hybridized carbons (Fsp3) is 1.00. The molecular weight excluding hydrogens is 286 g/mol. The average Bonchev–Trinajstić information content (AvgIpc) is 3.09. The first kappa shape index (κ1) is 18.4. The Balaban J connectivity index is 0.00000180. The van der Waals surface area contributed by atoms with E-state index in [4.69, 9.17) is 4.74 Å². The molecule has 0 amide bonds. The van der Waals surface area contributed by atoms with E-state index >= 15 is 0 Å². The molecule has 19 heavy (non-hydrogen) atoms. The van der Waals surface area contributed by atoms with Crippen molar-refractivity contribution in [2.24, 2.45) is 5.41 Å². The van der Waals surface area contributed by atoms with Crippen molar-refractivity contribution in [3.63, 3.8) is 0 Å². The fourth-order valence-electron chi connectivity index (χ4n) is 2.67. The van der Waals surface area contributed by atoms with Gasteiger partial charge in [-0.3, -0.25) is 0 Å². The number of alkyl halides is 3.